The zero-order valence-corrected chi connectivity index (χ0v) is 10.5. The van der Waals surface area contributed by atoms with E-state index in [1.807, 2.05) is 13.8 Å². The molecule has 0 aliphatic carbocycles. The maximum absolute atomic E-state index is 11.3. The number of hydrogen-bond acceptors (Lipinski definition) is 2. The van der Waals surface area contributed by atoms with Crippen LogP contribution in [-0.2, 0) is 9.59 Å². The summed E-state index contributed by atoms with van der Waals surface area (Å²) in [6, 6.07) is 0. The molecule has 0 radical (unpaired) electrons. The molecule has 0 saturated carbocycles. The fourth-order valence-electron chi connectivity index (χ4n) is 1.68. The topological polar surface area (TPSA) is 66.4 Å². The normalized spacial score (nSPS) is 11.9. The van der Waals surface area contributed by atoms with E-state index in [9.17, 15) is 9.59 Å². The Hall–Kier alpha value is -1.50. The lowest BCUT2D eigenvalue weighted by Crippen LogP contribution is -2.30. The molecule has 17 heavy (non-hydrogen) atoms. The van der Waals surface area contributed by atoms with Crippen LogP contribution in [0.1, 0.15) is 39.5 Å². The van der Waals surface area contributed by atoms with E-state index >= 15 is 0 Å². The molecule has 0 bridgehead atoms. The van der Waals surface area contributed by atoms with Crippen LogP contribution in [0.5, 0.6) is 0 Å². The van der Waals surface area contributed by atoms with Gasteiger partial charge in [0.2, 0.25) is 5.91 Å². The highest BCUT2D eigenvalue weighted by atomic mass is 16.4. The van der Waals surface area contributed by atoms with Crippen molar-refractivity contribution in [1.82, 2.24) is 5.32 Å². The fraction of sp³-hybridized carbons (Fsp3) is 0.692. The van der Waals surface area contributed by atoms with Crippen molar-refractivity contribution in [1.29, 1.82) is 0 Å². The third kappa shape index (κ3) is 9.43. The van der Waals surface area contributed by atoms with Crippen molar-refractivity contribution in [3.05, 3.63) is 0 Å². The van der Waals surface area contributed by atoms with Gasteiger partial charge in [-0.25, -0.2) is 0 Å². The van der Waals surface area contributed by atoms with Crippen LogP contribution >= 0.6 is 0 Å². The zero-order valence-electron chi connectivity index (χ0n) is 10.5. The van der Waals surface area contributed by atoms with Gasteiger partial charge in [0, 0.05) is 25.8 Å². The second-order valence-corrected chi connectivity index (χ2v) is 4.60. The third-order valence-corrected chi connectivity index (χ3v) is 2.35. The molecule has 0 spiro atoms. The van der Waals surface area contributed by atoms with Gasteiger partial charge in [-0.15, -0.1) is 12.3 Å². The van der Waals surface area contributed by atoms with Gasteiger partial charge < -0.3 is 10.4 Å². The average Bonchev–Trinajstić information content (AvgIpc) is 2.21. The average molecular weight is 239 g/mol. The van der Waals surface area contributed by atoms with E-state index < -0.39 is 5.97 Å². The van der Waals surface area contributed by atoms with E-state index in [-0.39, 0.29) is 18.2 Å². The number of rotatable bonds is 8. The van der Waals surface area contributed by atoms with Crippen molar-refractivity contribution < 1.29 is 14.7 Å². The first-order valence-electron chi connectivity index (χ1n) is 5.87. The van der Waals surface area contributed by atoms with Crippen molar-refractivity contribution in [2.24, 2.45) is 11.8 Å². The summed E-state index contributed by atoms with van der Waals surface area (Å²) in [6.45, 7) is 4.48. The molecule has 0 fully saturated rings. The maximum atomic E-state index is 11.3. The number of carbonyl (C=O) groups excluding carboxylic acids is 1. The predicted octanol–water partition coefficient (Wildman–Crippen LogP) is 1.65. The molecule has 0 aromatic carbocycles. The lowest BCUT2D eigenvalue weighted by atomic mass is 9.94. The van der Waals surface area contributed by atoms with Gasteiger partial charge in [0.15, 0.2) is 0 Å². The second kappa shape index (κ2) is 8.63. The number of terminal acetylenes is 1. The van der Waals surface area contributed by atoms with Crippen LogP contribution in [0, 0.1) is 24.2 Å². The highest BCUT2D eigenvalue weighted by Crippen LogP contribution is 2.14. The number of carboxylic acids is 1. The molecular weight excluding hydrogens is 218 g/mol. The van der Waals surface area contributed by atoms with Gasteiger partial charge in [-0.2, -0.15) is 0 Å². The van der Waals surface area contributed by atoms with Crippen molar-refractivity contribution in [3.63, 3.8) is 0 Å². The maximum Gasteiger partial charge on any atom is 0.303 e. The van der Waals surface area contributed by atoms with Crippen molar-refractivity contribution in [3.8, 4) is 12.3 Å². The largest absolute Gasteiger partial charge is 0.481 e. The lowest BCUT2D eigenvalue weighted by Gasteiger charge is -2.17. The molecule has 0 aromatic heterocycles. The van der Waals surface area contributed by atoms with Crippen LogP contribution < -0.4 is 5.32 Å². The van der Waals surface area contributed by atoms with Crippen LogP contribution in [-0.4, -0.2) is 23.5 Å². The minimum Gasteiger partial charge on any atom is -0.481 e. The number of carbonyl (C=O) groups is 2. The Labute approximate surface area is 103 Å². The Morgan fingerprint density at radius 1 is 1.41 bits per heavy atom. The van der Waals surface area contributed by atoms with Crippen LogP contribution in [0.3, 0.4) is 0 Å². The molecule has 1 amide bonds. The summed E-state index contributed by atoms with van der Waals surface area (Å²) in [5.41, 5.74) is 0. The minimum atomic E-state index is -0.825. The van der Waals surface area contributed by atoms with Gasteiger partial charge in [-0.1, -0.05) is 13.8 Å². The Balaban J connectivity index is 4.02. The summed E-state index contributed by atoms with van der Waals surface area (Å²) in [6.07, 6.45) is 6.66. The quantitative estimate of drug-likeness (QED) is 0.633. The number of nitrogens with one attached hydrogen (secondary N) is 1. The van der Waals surface area contributed by atoms with E-state index in [1.54, 1.807) is 0 Å². The fourth-order valence-corrected chi connectivity index (χ4v) is 1.68. The summed E-state index contributed by atoms with van der Waals surface area (Å²) in [7, 11) is 0. The summed E-state index contributed by atoms with van der Waals surface area (Å²) < 4.78 is 0. The van der Waals surface area contributed by atoms with Crippen LogP contribution in [0.25, 0.3) is 0 Å². The van der Waals surface area contributed by atoms with Crippen LogP contribution in [0.4, 0.5) is 0 Å². The monoisotopic (exact) mass is 239 g/mol. The van der Waals surface area contributed by atoms with Gasteiger partial charge in [0.25, 0.3) is 0 Å². The Morgan fingerprint density at radius 2 is 2.06 bits per heavy atom. The van der Waals surface area contributed by atoms with E-state index in [2.05, 4.69) is 11.2 Å². The molecule has 0 aliphatic heterocycles. The first-order chi connectivity index (χ1) is 7.95. The molecule has 0 aromatic rings. The van der Waals surface area contributed by atoms with Gasteiger partial charge >= 0.3 is 5.97 Å². The molecule has 2 N–H and O–H groups in total. The summed E-state index contributed by atoms with van der Waals surface area (Å²) in [5.74, 6) is 1.87. The minimum absolute atomic E-state index is 0.0118. The summed E-state index contributed by atoms with van der Waals surface area (Å²) in [4.78, 5) is 22.0. The van der Waals surface area contributed by atoms with E-state index in [0.717, 1.165) is 6.42 Å². The van der Waals surface area contributed by atoms with Crippen molar-refractivity contribution in [2.75, 3.05) is 6.54 Å². The molecule has 0 saturated heterocycles. The molecular formula is C13H21NO3. The van der Waals surface area contributed by atoms with Crippen molar-refractivity contribution in [2.45, 2.75) is 39.5 Å². The molecule has 0 aliphatic rings. The summed E-state index contributed by atoms with van der Waals surface area (Å²) in [5, 5.41) is 11.5. The Bertz CT molecular complexity index is 292. The summed E-state index contributed by atoms with van der Waals surface area (Å²) >= 11 is 0. The molecule has 0 heterocycles. The molecule has 4 nitrogen and oxygen atoms in total. The number of hydrogen-bond donors (Lipinski definition) is 2. The van der Waals surface area contributed by atoms with Crippen LogP contribution in [0.2, 0.25) is 0 Å². The predicted molar refractivity (Wildman–Crippen MR) is 66.3 cm³/mol. The molecule has 4 heteroatoms. The Kier molecular flexibility index (Phi) is 7.87. The highest BCUT2D eigenvalue weighted by molar-refractivity contribution is 5.76. The van der Waals surface area contributed by atoms with E-state index in [4.69, 9.17) is 11.5 Å². The van der Waals surface area contributed by atoms with Crippen LogP contribution in [0.15, 0.2) is 0 Å². The highest BCUT2D eigenvalue weighted by Gasteiger charge is 2.15. The first-order valence-corrected chi connectivity index (χ1v) is 5.87. The number of amides is 1. The van der Waals surface area contributed by atoms with Gasteiger partial charge in [0.05, 0.1) is 0 Å². The molecule has 0 rings (SSSR count). The van der Waals surface area contributed by atoms with Gasteiger partial charge in [-0.05, 0) is 18.3 Å². The zero-order chi connectivity index (χ0) is 13.3. The molecule has 96 valence electrons. The number of carboxylic acid groups (broad SMARTS) is 1. The van der Waals surface area contributed by atoms with Crippen molar-refractivity contribution >= 4 is 11.9 Å². The van der Waals surface area contributed by atoms with Gasteiger partial charge in [0.1, 0.15) is 0 Å². The standard InChI is InChI=1S/C13H21NO3/c1-4-5-6-12(15)14-9-11(7-10(2)3)8-13(16)17/h1,10-11H,5-9H2,2-3H3,(H,14,15)(H,16,17). The molecule has 1 atom stereocenters. The SMILES string of the molecule is C#CCCC(=O)NCC(CC(=O)O)CC(C)C. The number of aliphatic carboxylic acids is 1. The van der Waals surface area contributed by atoms with E-state index in [0.29, 0.717) is 25.3 Å². The lowest BCUT2D eigenvalue weighted by molar-refractivity contribution is -0.138. The third-order valence-electron chi connectivity index (χ3n) is 2.35. The Morgan fingerprint density at radius 3 is 2.53 bits per heavy atom. The first kappa shape index (κ1) is 15.5. The van der Waals surface area contributed by atoms with Gasteiger partial charge in [-0.3, -0.25) is 9.59 Å². The smallest absolute Gasteiger partial charge is 0.303 e. The van der Waals surface area contributed by atoms with E-state index in [1.165, 1.54) is 0 Å². The second-order valence-electron chi connectivity index (χ2n) is 4.60. The molecule has 1 unspecified atom stereocenters.